The van der Waals surface area contributed by atoms with E-state index in [0.717, 1.165) is 37.4 Å². The molecule has 1 aliphatic heterocycles. The van der Waals surface area contributed by atoms with Crippen LogP contribution in [0.2, 0.25) is 0 Å². The third-order valence-electron chi connectivity index (χ3n) is 3.84. The lowest BCUT2D eigenvalue weighted by Gasteiger charge is -2.26. The fourth-order valence-corrected chi connectivity index (χ4v) is 2.41. The Balaban J connectivity index is 0.000000279. The number of piperazine rings is 1. The lowest BCUT2D eigenvalue weighted by Crippen LogP contribution is -2.46. The number of benzene rings is 1. The summed E-state index contributed by atoms with van der Waals surface area (Å²) in [4.78, 5) is 17.8. The zero-order valence-electron chi connectivity index (χ0n) is 15.5. The largest absolute Gasteiger partial charge is 0.481 e. The van der Waals surface area contributed by atoms with Crippen molar-refractivity contribution >= 4 is 12.1 Å². The predicted molar refractivity (Wildman–Crippen MR) is 108 cm³/mol. The summed E-state index contributed by atoms with van der Waals surface area (Å²) in [6.45, 7) is 10.1. The molecule has 0 atom stereocenters. The Kier molecular flexibility index (Phi) is 7.99. The van der Waals surface area contributed by atoms with Crippen LogP contribution < -0.4 is 5.32 Å². The van der Waals surface area contributed by atoms with E-state index in [2.05, 4.69) is 38.4 Å². The van der Waals surface area contributed by atoms with Gasteiger partial charge in [0.05, 0.1) is 12.8 Å². The van der Waals surface area contributed by atoms with Crippen molar-refractivity contribution in [2.24, 2.45) is 4.99 Å². The maximum atomic E-state index is 12.3. The summed E-state index contributed by atoms with van der Waals surface area (Å²) >= 11 is 0. The standard InChI is InChI=1S/C14H16N4O.C6H9NO/c19-14(18-8-6-15-7-9-18)13-10-12(16-17-13)11-4-2-1-3-5-11;1-4-5-7-6(2)8-3/h1-5,10,15H,6-9H2,(H,16,17);4-5H,1-2H2,3H3/b;7-5-. The van der Waals surface area contributed by atoms with Gasteiger partial charge in [-0.3, -0.25) is 9.89 Å². The van der Waals surface area contributed by atoms with Gasteiger partial charge in [0.2, 0.25) is 5.88 Å². The smallest absolute Gasteiger partial charge is 0.271 e. The van der Waals surface area contributed by atoms with E-state index in [1.807, 2.05) is 41.3 Å². The van der Waals surface area contributed by atoms with Gasteiger partial charge in [-0.05, 0) is 12.6 Å². The molecule has 0 spiro atoms. The van der Waals surface area contributed by atoms with Gasteiger partial charge in [0, 0.05) is 38.0 Å². The van der Waals surface area contributed by atoms with Gasteiger partial charge in [-0.25, -0.2) is 4.99 Å². The SMILES string of the molecule is C=C/C=N\C(=C)OC.O=C(c1cc(-c2ccccc2)n[nH]1)N1CCNCC1. The summed E-state index contributed by atoms with van der Waals surface area (Å²) in [6.07, 6.45) is 3.08. The maximum absolute atomic E-state index is 12.3. The molecule has 3 rings (SSSR count). The zero-order chi connectivity index (χ0) is 19.5. The van der Waals surface area contributed by atoms with Crippen LogP contribution in [0.1, 0.15) is 10.5 Å². The summed E-state index contributed by atoms with van der Waals surface area (Å²) in [5.41, 5.74) is 2.37. The second-order valence-corrected chi connectivity index (χ2v) is 5.69. The molecule has 2 N–H and O–H groups in total. The van der Waals surface area contributed by atoms with Gasteiger partial charge >= 0.3 is 0 Å². The van der Waals surface area contributed by atoms with Crippen molar-refractivity contribution in [1.29, 1.82) is 0 Å². The second-order valence-electron chi connectivity index (χ2n) is 5.69. The average molecular weight is 367 g/mol. The molecule has 0 saturated carbocycles. The van der Waals surface area contributed by atoms with Crippen LogP contribution in [0.3, 0.4) is 0 Å². The van der Waals surface area contributed by atoms with Gasteiger partial charge in [0.25, 0.3) is 5.91 Å². The number of H-pyrrole nitrogens is 1. The zero-order valence-corrected chi connectivity index (χ0v) is 15.5. The highest BCUT2D eigenvalue weighted by molar-refractivity contribution is 5.93. The topological polar surface area (TPSA) is 82.6 Å². The minimum Gasteiger partial charge on any atom is -0.481 e. The number of aromatic nitrogens is 2. The van der Waals surface area contributed by atoms with Crippen molar-refractivity contribution in [2.45, 2.75) is 0 Å². The van der Waals surface area contributed by atoms with E-state index in [0.29, 0.717) is 11.6 Å². The van der Waals surface area contributed by atoms with Crippen molar-refractivity contribution in [3.63, 3.8) is 0 Å². The van der Waals surface area contributed by atoms with E-state index >= 15 is 0 Å². The van der Waals surface area contributed by atoms with Crippen LogP contribution in [0, 0.1) is 0 Å². The Morgan fingerprint density at radius 3 is 2.63 bits per heavy atom. The Labute approximate surface area is 159 Å². The monoisotopic (exact) mass is 367 g/mol. The van der Waals surface area contributed by atoms with E-state index in [1.165, 1.54) is 13.3 Å². The van der Waals surface area contributed by atoms with Gasteiger partial charge < -0.3 is 15.0 Å². The first-order valence-corrected chi connectivity index (χ1v) is 8.64. The van der Waals surface area contributed by atoms with Gasteiger partial charge in [-0.2, -0.15) is 5.10 Å². The number of hydrogen-bond acceptors (Lipinski definition) is 5. The van der Waals surface area contributed by atoms with Crippen molar-refractivity contribution < 1.29 is 9.53 Å². The minimum absolute atomic E-state index is 0.0242. The summed E-state index contributed by atoms with van der Waals surface area (Å²) in [5, 5.41) is 10.3. The van der Waals surface area contributed by atoms with Crippen LogP contribution in [0.5, 0.6) is 0 Å². The first kappa shape index (κ1) is 20.1. The summed E-state index contributed by atoms with van der Waals surface area (Å²) < 4.78 is 4.61. The number of aliphatic imine (C=N–C) groups is 1. The van der Waals surface area contributed by atoms with E-state index in [1.54, 1.807) is 6.08 Å². The molecule has 1 aliphatic rings. The molecule has 2 aromatic rings. The molecule has 1 saturated heterocycles. The number of aromatic amines is 1. The molecule has 0 bridgehead atoms. The number of carbonyl (C=O) groups excluding carboxylic acids is 1. The van der Waals surface area contributed by atoms with Crippen LogP contribution in [0.15, 0.2) is 66.5 Å². The molecular weight excluding hydrogens is 342 g/mol. The third-order valence-corrected chi connectivity index (χ3v) is 3.84. The van der Waals surface area contributed by atoms with Crippen molar-refractivity contribution in [2.75, 3.05) is 33.3 Å². The molecule has 1 aromatic heterocycles. The number of nitrogens with zero attached hydrogens (tertiary/aromatic N) is 3. The van der Waals surface area contributed by atoms with Crippen LogP contribution in [0.25, 0.3) is 11.3 Å². The minimum atomic E-state index is 0.0242. The van der Waals surface area contributed by atoms with Gasteiger partial charge in [-0.15, -0.1) is 0 Å². The van der Waals surface area contributed by atoms with Crippen molar-refractivity contribution in [3.05, 3.63) is 67.2 Å². The average Bonchev–Trinajstić information content (AvgIpc) is 3.23. The summed E-state index contributed by atoms with van der Waals surface area (Å²) in [5.74, 6) is 0.418. The number of carbonyl (C=O) groups is 1. The fourth-order valence-electron chi connectivity index (χ4n) is 2.41. The molecule has 142 valence electrons. The molecule has 0 aliphatic carbocycles. The van der Waals surface area contributed by atoms with E-state index < -0.39 is 0 Å². The molecule has 7 heteroatoms. The first-order chi connectivity index (χ1) is 13.2. The lowest BCUT2D eigenvalue weighted by atomic mass is 10.1. The molecule has 7 nitrogen and oxygen atoms in total. The number of hydrogen-bond donors (Lipinski definition) is 2. The maximum Gasteiger partial charge on any atom is 0.271 e. The highest BCUT2D eigenvalue weighted by atomic mass is 16.5. The quantitative estimate of drug-likeness (QED) is 0.628. The molecule has 1 aromatic carbocycles. The van der Waals surface area contributed by atoms with E-state index in [4.69, 9.17) is 0 Å². The van der Waals surface area contributed by atoms with Crippen molar-refractivity contribution in [3.8, 4) is 11.3 Å². The molecule has 1 fully saturated rings. The van der Waals surface area contributed by atoms with Gasteiger partial charge in [0.1, 0.15) is 5.69 Å². The van der Waals surface area contributed by atoms with Gasteiger partial charge in [-0.1, -0.05) is 43.0 Å². The highest BCUT2D eigenvalue weighted by Gasteiger charge is 2.19. The molecular formula is C20H25N5O2. The predicted octanol–water partition coefficient (Wildman–Crippen LogP) is 2.48. The molecule has 1 amide bonds. The Hall–Kier alpha value is -3.19. The number of nitrogens with one attached hydrogen (secondary N) is 2. The number of methoxy groups -OCH3 is 1. The molecule has 0 unspecified atom stereocenters. The normalized spacial score (nSPS) is 13.6. The first-order valence-electron chi connectivity index (χ1n) is 8.64. The number of rotatable bonds is 5. The third kappa shape index (κ3) is 6.23. The fraction of sp³-hybridized carbons (Fsp3) is 0.250. The Morgan fingerprint density at radius 2 is 2.00 bits per heavy atom. The van der Waals surface area contributed by atoms with Gasteiger partial charge in [0.15, 0.2) is 0 Å². The van der Waals surface area contributed by atoms with Crippen LogP contribution in [-0.2, 0) is 4.74 Å². The lowest BCUT2D eigenvalue weighted by molar-refractivity contribution is 0.0730. The number of amides is 1. The Bertz CT molecular complexity index is 777. The van der Waals surface area contributed by atoms with E-state index in [9.17, 15) is 4.79 Å². The van der Waals surface area contributed by atoms with Crippen LogP contribution in [0.4, 0.5) is 0 Å². The number of allylic oxidation sites excluding steroid dienone is 1. The Morgan fingerprint density at radius 1 is 1.30 bits per heavy atom. The van der Waals surface area contributed by atoms with Crippen molar-refractivity contribution in [1.82, 2.24) is 20.4 Å². The van der Waals surface area contributed by atoms with Crippen LogP contribution >= 0.6 is 0 Å². The summed E-state index contributed by atoms with van der Waals surface area (Å²) in [7, 11) is 1.52. The second kappa shape index (κ2) is 10.7. The number of ether oxygens (including phenoxy) is 1. The van der Waals surface area contributed by atoms with Crippen LogP contribution in [-0.4, -0.2) is 60.5 Å². The molecule has 2 heterocycles. The molecule has 0 radical (unpaired) electrons. The van der Waals surface area contributed by atoms with E-state index in [-0.39, 0.29) is 5.91 Å². The summed E-state index contributed by atoms with van der Waals surface area (Å²) in [6, 6.07) is 11.7. The molecule has 27 heavy (non-hydrogen) atoms. The highest BCUT2D eigenvalue weighted by Crippen LogP contribution is 2.17.